The van der Waals surface area contributed by atoms with Crippen molar-refractivity contribution < 1.29 is 8.42 Å². The van der Waals surface area contributed by atoms with Gasteiger partial charge in [-0.2, -0.15) is 0 Å². The predicted octanol–water partition coefficient (Wildman–Crippen LogP) is 2.40. The second kappa shape index (κ2) is 3.56. The van der Waals surface area contributed by atoms with E-state index in [1.165, 1.54) is 0 Å². The van der Waals surface area contributed by atoms with Crippen LogP contribution in [0.3, 0.4) is 0 Å². The highest BCUT2D eigenvalue weighted by Gasteiger charge is 2.65. The summed E-state index contributed by atoms with van der Waals surface area (Å²) in [4.78, 5) is 0.332. The fraction of sp³-hybridized carbons (Fsp3) is 0.538. The van der Waals surface area contributed by atoms with Crippen LogP contribution < -0.4 is 4.72 Å². The highest BCUT2D eigenvalue weighted by atomic mass is 32.2. The highest BCUT2D eigenvalue weighted by molar-refractivity contribution is 7.89. The molecule has 0 radical (unpaired) electrons. The molecule has 1 aliphatic rings. The van der Waals surface area contributed by atoms with Crippen LogP contribution in [-0.2, 0) is 10.0 Å². The molecule has 3 nitrogen and oxygen atoms in total. The summed E-state index contributed by atoms with van der Waals surface area (Å²) in [5, 5.41) is 0. The van der Waals surface area contributed by atoms with Crippen LogP contribution in [0.4, 0.5) is 0 Å². The maximum atomic E-state index is 12.1. The van der Waals surface area contributed by atoms with Gasteiger partial charge in [0, 0.05) is 6.04 Å². The lowest BCUT2D eigenvalue weighted by Gasteiger charge is -2.07. The van der Waals surface area contributed by atoms with Crippen molar-refractivity contribution in [3.8, 4) is 0 Å². The van der Waals surface area contributed by atoms with Crippen LogP contribution in [0.15, 0.2) is 35.2 Å². The molecule has 0 unspecified atom stereocenters. The molecule has 1 fully saturated rings. The van der Waals surface area contributed by atoms with Crippen molar-refractivity contribution in [3.63, 3.8) is 0 Å². The second-order valence-electron chi connectivity index (χ2n) is 5.81. The summed E-state index contributed by atoms with van der Waals surface area (Å²) in [5.41, 5.74) is 0.0176. The van der Waals surface area contributed by atoms with Gasteiger partial charge in [0.1, 0.15) is 0 Å². The molecule has 1 aliphatic carbocycles. The van der Waals surface area contributed by atoms with Crippen molar-refractivity contribution in [1.29, 1.82) is 0 Å². The lowest BCUT2D eigenvalue weighted by atomic mass is 10.0. The summed E-state index contributed by atoms with van der Waals surface area (Å²) < 4.78 is 27.1. The molecule has 0 aliphatic heterocycles. The number of rotatable bonds is 3. The molecule has 94 valence electrons. The maximum Gasteiger partial charge on any atom is 0.240 e. The Kier molecular flexibility index (Phi) is 2.64. The zero-order chi connectivity index (χ0) is 12.9. The Bertz CT molecular complexity index is 504. The Balaban J connectivity index is 2.22. The van der Waals surface area contributed by atoms with Crippen LogP contribution in [0.1, 0.15) is 27.7 Å². The van der Waals surface area contributed by atoms with Crippen molar-refractivity contribution in [2.75, 3.05) is 0 Å². The minimum Gasteiger partial charge on any atom is -0.207 e. The van der Waals surface area contributed by atoms with Crippen LogP contribution in [-0.4, -0.2) is 14.5 Å². The van der Waals surface area contributed by atoms with Gasteiger partial charge in [-0.05, 0) is 23.0 Å². The van der Waals surface area contributed by atoms with E-state index in [0.717, 1.165) is 0 Å². The fourth-order valence-electron chi connectivity index (χ4n) is 2.31. The van der Waals surface area contributed by atoms with E-state index in [9.17, 15) is 8.42 Å². The molecule has 0 amide bonds. The zero-order valence-corrected chi connectivity index (χ0v) is 11.5. The van der Waals surface area contributed by atoms with E-state index in [-0.39, 0.29) is 16.9 Å². The first-order valence-corrected chi connectivity index (χ1v) is 7.25. The summed E-state index contributed by atoms with van der Waals surface area (Å²) in [6, 6.07) is 8.51. The lowest BCUT2D eigenvalue weighted by Crippen LogP contribution is -2.29. The van der Waals surface area contributed by atoms with Crippen LogP contribution in [0, 0.1) is 10.8 Å². The third-order valence-corrected chi connectivity index (χ3v) is 5.79. The highest BCUT2D eigenvalue weighted by Crippen LogP contribution is 2.62. The molecular weight excluding hydrogens is 234 g/mol. The normalized spacial score (nSPS) is 22.4. The monoisotopic (exact) mass is 253 g/mol. The number of hydrogen-bond acceptors (Lipinski definition) is 2. The van der Waals surface area contributed by atoms with Gasteiger partial charge in [-0.1, -0.05) is 45.9 Å². The standard InChI is InChI=1S/C13H19NO2S/c1-12(2)11(13(12,3)4)14-17(15,16)10-8-6-5-7-9-10/h5-9,11,14H,1-4H3. The molecule has 4 heteroatoms. The van der Waals surface area contributed by atoms with Gasteiger partial charge >= 0.3 is 0 Å². The van der Waals surface area contributed by atoms with E-state index in [1.54, 1.807) is 24.3 Å². The summed E-state index contributed by atoms with van der Waals surface area (Å²) >= 11 is 0. The first-order chi connectivity index (χ1) is 7.69. The summed E-state index contributed by atoms with van der Waals surface area (Å²) in [6.07, 6.45) is 0. The van der Waals surface area contributed by atoms with Gasteiger partial charge in [0.05, 0.1) is 4.90 Å². The first kappa shape index (κ1) is 12.6. The van der Waals surface area contributed by atoms with E-state index in [2.05, 4.69) is 32.4 Å². The molecular formula is C13H19NO2S. The Morgan fingerprint density at radius 3 is 1.88 bits per heavy atom. The number of benzene rings is 1. The molecule has 0 aromatic heterocycles. The number of nitrogens with one attached hydrogen (secondary N) is 1. The van der Waals surface area contributed by atoms with E-state index >= 15 is 0 Å². The van der Waals surface area contributed by atoms with Crippen LogP contribution in [0.25, 0.3) is 0 Å². The van der Waals surface area contributed by atoms with Crippen LogP contribution in [0.5, 0.6) is 0 Å². The summed E-state index contributed by atoms with van der Waals surface area (Å²) in [7, 11) is -3.39. The second-order valence-corrected chi connectivity index (χ2v) is 7.52. The number of sulfonamides is 1. The van der Waals surface area contributed by atoms with E-state index < -0.39 is 10.0 Å². The molecule has 0 spiro atoms. The average molecular weight is 253 g/mol. The molecule has 17 heavy (non-hydrogen) atoms. The molecule has 0 atom stereocenters. The summed E-state index contributed by atoms with van der Waals surface area (Å²) in [6.45, 7) is 8.35. The van der Waals surface area contributed by atoms with E-state index in [4.69, 9.17) is 0 Å². The quantitative estimate of drug-likeness (QED) is 0.899. The van der Waals surface area contributed by atoms with Crippen molar-refractivity contribution in [2.45, 2.75) is 38.6 Å². The lowest BCUT2D eigenvalue weighted by molar-refractivity contribution is 0.457. The Labute approximate surface area is 103 Å². The summed E-state index contributed by atoms with van der Waals surface area (Å²) in [5.74, 6) is 0. The van der Waals surface area contributed by atoms with Crippen molar-refractivity contribution >= 4 is 10.0 Å². The van der Waals surface area contributed by atoms with Crippen LogP contribution >= 0.6 is 0 Å². The first-order valence-electron chi connectivity index (χ1n) is 5.77. The van der Waals surface area contributed by atoms with E-state index in [0.29, 0.717) is 4.90 Å². The Morgan fingerprint density at radius 1 is 1.00 bits per heavy atom. The van der Waals surface area contributed by atoms with Gasteiger partial charge in [0.15, 0.2) is 0 Å². The average Bonchev–Trinajstić information content (AvgIpc) is 2.62. The molecule has 0 saturated heterocycles. The molecule has 0 bridgehead atoms. The van der Waals surface area contributed by atoms with Gasteiger partial charge < -0.3 is 0 Å². The molecule has 1 aromatic carbocycles. The maximum absolute atomic E-state index is 12.1. The number of hydrogen-bond donors (Lipinski definition) is 1. The molecule has 1 saturated carbocycles. The SMILES string of the molecule is CC1(C)C(NS(=O)(=O)c2ccccc2)C1(C)C. The Morgan fingerprint density at radius 2 is 1.47 bits per heavy atom. The van der Waals surface area contributed by atoms with Crippen molar-refractivity contribution in [1.82, 2.24) is 4.72 Å². The van der Waals surface area contributed by atoms with Gasteiger partial charge in [-0.25, -0.2) is 13.1 Å². The van der Waals surface area contributed by atoms with Gasteiger partial charge in [-0.15, -0.1) is 0 Å². The van der Waals surface area contributed by atoms with Gasteiger partial charge in [-0.3, -0.25) is 0 Å². The Hall–Kier alpha value is -0.870. The van der Waals surface area contributed by atoms with Gasteiger partial charge in [0.2, 0.25) is 10.0 Å². The topological polar surface area (TPSA) is 46.2 Å². The third kappa shape index (κ3) is 1.89. The fourth-order valence-corrected chi connectivity index (χ4v) is 3.86. The zero-order valence-electron chi connectivity index (χ0n) is 10.7. The smallest absolute Gasteiger partial charge is 0.207 e. The molecule has 0 heterocycles. The molecule has 1 N–H and O–H groups in total. The van der Waals surface area contributed by atoms with E-state index in [1.807, 2.05) is 6.07 Å². The van der Waals surface area contributed by atoms with Gasteiger partial charge in [0.25, 0.3) is 0 Å². The predicted molar refractivity (Wildman–Crippen MR) is 68.1 cm³/mol. The minimum atomic E-state index is -3.39. The third-order valence-electron chi connectivity index (χ3n) is 4.35. The van der Waals surface area contributed by atoms with Crippen LogP contribution in [0.2, 0.25) is 0 Å². The largest absolute Gasteiger partial charge is 0.240 e. The van der Waals surface area contributed by atoms with Crippen molar-refractivity contribution in [2.24, 2.45) is 10.8 Å². The molecule has 2 rings (SSSR count). The van der Waals surface area contributed by atoms with Crippen molar-refractivity contribution in [3.05, 3.63) is 30.3 Å². The minimum absolute atomic E-state index is 0.000191. The molecule has 1 aromatic rings.